The minimum atomic E-state index is 0.520. The van der Waals surface area contributed by atoms with Crippen molar-refractivity contribution in [1.29, 1.82) is 0 Å². The third-order valence-corrected chi connectivity index (χ3v) is 4.62. The lowest BCUT2D eigenvalue weighted by molar-refractivity contribution is 0.372. The van der Waals surface area contributed by atoms with Gasteiger partial charge in [0.15, 0.2) is 0 Å². The number of anilines is 1. The molecule has 118 valence electrons. The van der Waals surface area contributed by atoms with Gasteiger partial charge in [0.2, 0.25) is 0 Å². The number of rotatable bonds is 6. The molecule has 0 bridgehead atoms. The van der Waals surface area contributed by atoms with Gasteiger partial charge in [0, 0.05) is 36.2 Å². The van der Waals surface area contributed by atoms with E-state index in [-0.39, 0.29) is 0 Å². The minimum Gasteiger partial charge on any atom is -0.366 e. The molecule has 3 nitrogen and oxygen atoms in total. The molecule has 1 aromatic carbocycles. The summed E-state index contributed by atoms with van der Waals surface area (Å²) in [7, 11) is 4.32. The van der Waals surface area contributed by atoms with Crippen molar-refractivity contribution in [2.24, 2.45) is 0 Å². The van der Waals surface area contributed by atoms with Crippen molar-refractivity contribution in [2.75, 3.05) is 32.1 Å². The van der Waals surface area contributed by atoms with Crippen LogP contribution >= 0.6 is 15.9 Å². The summed E-state index contributed by atoms with van der Waals surface area (Å²) in [6, 6.07) is 7.94. The van der Waals surface area contributed by atoms with Gasteiger partial charge in [-0.3, -0.25) is 0 Å². The van der Waals surface area contributed by atoms with E-state index in [0.717, 1.165) is 13.1 Å². The van der Waals surface area contributed by atoms with Crippen LogP contribution in [0.4, 0.5) is 5.69 Å². The molecule has 2 rings (SSSR count). The summed E-state index contributed by atoms with van der Waals surface area (Å²) in [6.45, 7) is 7.58. The molecule has 1 unspecified atom stereocenters. The maximum Gasteiger partial charge on any atom is 0.0513 e. The standard InChI is InChI=1S/C17H28BrN3/c1-13(2)19-11-14-7-8-17(16(18)10-14)21-9-5-6-15(21)12-20(3)4/h7-8,10,13,15,19H,5-6,9,11-12H2,1-4H3. The number of hydrogen-bond acceptors (Lipinski definition) is 3. The second kappa shape index (κ2) is 7.61. The van der Waals surface area contributed by atoms with Crippen LogP contribution in [-0.2, 0) is 6.54 Å². The summed E-state index contributed by atoms with van der Waals surface area (Å²) in [6.07, 6.45) is 2.59. The summed E-state index contributed by atoms with van der Waals surface area (Å²) >= 11 is 3.77. The Labute approximate surface area is 137 Å². The molecule has 0 saturated carbocycles. The number of likely N-dealkylation sites (N-methyl/N-ethyl adjacent to an activating group) is 1. The largest absolute Gasteiger partial charge is 0.366 e. The Kier molecular flexibility index (Phi) is 6.08. The monoisotopic (exact) mass is 353 g/mol. The van der Waals surface area contributed by atoms with Crippen molar-refractivity contribution in [2.45, 2.75) is 45.3 Å². The third-order valence-electron chi connectivity index (χ3n) is 3.99. The van der Waals surface area contributed by atoms with Crippen LogP contribution in [0.5, 0.6) is 0 Å². The van der Waals surface area contributed by atoms with Gasteiger partial charge in [-0.05, 0) is 60.6 Å². The molecule has 1 aliphatic rings. The first kappa shape index (κ1) is 16.8. The van der Waals surface area contributed by atoms with E-state index < -0.39 is 0 Å². The van der Waals surface area contributed by atoms with Crippen LogP contribution < -0.4 is 10.2 Å². The molecule has 1 heterocycles. The molecule has 0 amide bonds. The van der Waals surface area contributed by atoms with Crippen LogP contribution in [0.25, 0.3) is 0 Å². The fraction of sp³-hybridized carbons (Fsp3) is 0.647. The molecule has 1 aliphatic heterocycles. The molecule has 0 radical (unpaired) electrons. The molecule has 1 N–H and O–H groups in total. The summed E-state index contributed by atoms with van der Waals surface area (Å²) < 4.78 is 1.22. The number of hydrogen-bond donors (Lipinski definition) is 1. The van der Waals surface area contributed by atoms with Crippen LogP contribution in [0.3, 0.4) is 0 Å². The zero-order valence-electron chi connectivity index (χ0n) is 13.7. The zero-order chi connectivity index (χ0) is 15.4. The Hall–Kier alpha value is -0.580. The molecule has 1 aromatic rings. The summed E-state index contributed by atoms with van der Waals surface area (Å²) in [5.74, 6) is 0. The van der Waals surface area contributed by atoms with Gasteiger partial charge in [0.25, 0.3) is 0 Å². The summed E-state index contributed by atoms with van der Waals surface area (Å²) in [5, 5.41) is 3.47. The van der Waals surface area contributed by atoms with Crippen molar-refractivity contribution in [3.8, 4) is 0 Å². The minimum absolute atomic E-state index is 0.520. The summed E-state index contributed by atoms with van der Waals surface area (Å²) in [4.78, 5) is 4.85. The molecule has 0 aliphatic carbocycles. The van der Waals surface area contributed by atoms with Gasteiger partial charge in [0.05, 0.1) is 5.69 Å². The molecule has 0 spiro atoms. The Bertz CT molecular complexity index is 459. The lowest BCUT2D eigenvalue weighted by Gasteiger charge is -2.30. The number of nitrogens with zero attached hydrogens (tertiary/aromatic N) is 2. The maximum atomic E-state index is 3.77. The molecule has 1 atom stereocenters. The van der Waals surface area contributed by atoms with Crippen molar-refractivity contribution in [3.63, 3.8) is 0 Å². The van der Waals surface area contributed by atoms with Crippen molar-refractivity contribution in [1.82, 2.24) is 10.2 Å². The van der Waals surface area contributed by atoms with E-state index in [1.54, 1.807) is 0 Å². The molecule has 4 heteroatoms. The van der Waals surface area contributed by atoms with Gasteiger partial charge in [-0.15, -0.1) is 0 Å². The Morgan fingerprint density at radius 3 is 2.76 bits per heavy atom. The fourth-order valence-electron chi connectivity index (χ4n) is 2.98. The van der Waals surface area contributed by atoms with Crippen molar-refractivity contribution in [3.05, 3.63) is 28.2 Å². The lowest BCUT2D eigenvalue weighted by Crippen LogP contribution is -2.37. The van der Waals surface area contributed by atoms with Crippen molar-refractivity contribution < 1.29 is 0 Å². The highest BCUT2D eigenvalue weighted by Gasteiger charge is 2.26. The topological polar surface area (TPSA) is 18.5 Å². The predicted molar refractivity (Wildman–Crippen MR) is 95.0 cm³/mol. The molecular weight excluding hydrogens is 326 g/mol. The average Bonchev–Trinajstić information content (AvgIpc) is 2.83. The first-order chi connectivity index (χ1) is 9.97. The quantitative estimate of drug-likeness (QED) is 0.844. The zero-order valence-corrected chi connectivity index (χ0v) is 15.3. The van der Waals surface area contributed by atoms with Crippen LogP contribution in [0, 0.1) is 0 Å². The number of nitrogens with one attached hydrogen (secondary N) is 1. The van der Waals surface area contributed by atoms with E-state index in [0.29, 0.717) is 12.1 Å². The van der Waals surface area contributed by atoms with Crippen LogP contribution in [0.2, 0.25) is 0 Å². The summed E-state index contributed by atoms with van der Waals surface area (Å²) in [5.41, 5.74) is 2.68. The second-order valence-electron chi connectivity index (χ2n) is 6.57. The van der Waals surface area contributed by atoms with E-state index in [1.165, 1.54) is 35.1 Å². The highest BCUT2D eigenvalue weighted by molar-refractivity contribution is 9.10. The smallest absolute Gasteiger partial charge is 0.0513 e. The van der Waals surface area contributed by atoms with Crippen LogP contribution in [0.1, 0.15) is 32.3 Å². The normalized spacial score (nSPS) is 19.0. The van der Waals surface area contributed by atoms with Gasteiger partial charge in [-0.2, -0.15) is 0 Å². The van der Waals surface area contributed by atoms with Crippen molar-refractivity contribution >= 4 is 21.6 Å². The Morgan fingerprint density at radius 2 is 2.14 bits per heavy atom. The third kappa shape index (κ3) is 4.70. The van der Waals surface area contributed by atoms with Gasteiger partial charge in [0.1, 0.15) is 0 Å². The molecule has 21 heavy (non-hydrogen) atoms. The fourth-order valence-corrected chi connectivity index (χ4v) is 3.63. The van der Waals surface area contributed by atoms with E-state index in [9.17, 15) is 0 Å². The molecule has 0 aromatic heterocycles. The highest BCUT2D eigenvalue weighted by Crippen LogP contribution is 2.33. The molecule has 1 saturated heterocycles. The SMILES string of the molecule is CC(C)NCc1ccc(N2CCCC2CN(C)C)c(Br)c1. The Morgan fingerprint density at radius 1 is 1.38 bits per heavy atom. The van der Waals surface area contributed by atoms with E-state index >= 15 is 0 Å². The predicted octanol–water partition coefficient (Wildman–Crippen LogP) is 3.48. The lowest BCUT2D eigenvalue weighted by atomic mass is 10.1. The van der Waals surface area contributed by atoms with Gasteiger partial charge < -0.3 is 15.1 Å². The first-order valence-corrected chi connectivity index (χ1v) is 8.70. The molecular formula is C17H28BrN3. The highest BCUT2D eigenvalue weighted by atomic mass is 79.9. The molecule has 1 fully saturated rings. The first-order valence-electron chi connectivity index (χ1n) is 7.90. The van der Waals surface area contributed by atoms with E-state index in [1.807, 2.05) is 0 Å². The Balaban J connectivity index is 2.09. The average molecular weight is 354 g/mol. The van der Waals surface area contributed by atoms with Crippen LogP contribution in [-0.4, -0.2) is 44.2 Å². The maximum absolute atomic E-state index is 3.77. The van der Waals surface area contributed by atoms with Gasteiger partial charge >= 0.3 is 0 Å². The van der Waals surface area contributed by atoms with E-state index in [2.05, 4.69) is 77.2 Å². The number of benzene rings is 1. The van der Waals surface area contributed by atoms with E-state index in [4.69, 9.17) is 0 Å². The number of halogens is 1. The second-order valence-corrected chi connectivity index (χ2v) is 7.43. The van der Waals surface area contributed by atoms with Gasteiger partial charge in [-0.1, -0.05) is 19.9 Å². The van der Waals surface area contributed by atoms with Crippen LogP contribution in [0.15, 0.2) is 22.7 Å². The van der Waals surface area contributed by atoms with Gasteiger partial charge in [-0.25, -0.2) is 0 Å².